The summed E-state index contributed by atoms with van der Waals surface area (Å²) in [5.74, 6) is 0. The zero-order valence-electron chi connectivity index (χ0n) is 9.17. The first-order valence-electron chi connectivity index (χ1n) is 4.90. The van der Waals surface area contributed by atoms with Gasteiger partial charge in [-0.05, 0) is 46.7 Å². The summed E-state index contributed by atoms with van der Waals surface area (Å²) in [6.07, 6.45) is 3.36. The fourth-order valence-electron chi connectivity index (χ4n) is 2.74. The Morgan fingerprint density at radius 3 is 1.92 bits per heavy atom. The number of aliphatic hydroxyl groups excluding tert-OH is 1. The van der Waals surface area contributed by atoms with Crippen molar-refractivity contribution >= 4 is 0 Å². The maximum atomic E-state index is 9.73. The first kappa shape index (κ1) is 10.6. The molecule has 1 saturated heterocycles. The van der Waals surface area contributed by atoms with Gasteiger partial charge in [-0.15, -0.1) is 0 Å². The molecule has 1 heterocycles. The highest BCUT2D eigenvalue weighted by Crippen LogP contribution is 2.38. The summed E-state index contributed by atoms with van der Waals surface area (Å²) in [6.45, 7) is 12.5. The third-order valence-electron chi connectivity index (χ3n) is 2.96. The zero-order valence-corrected chi connectivity index (χ0v) is 9.17. The molecule has 0 aromatic heterocycles. The van der Waals surface area contributed by atoms with Crippen molar-refractivity contribution in [1.82, 2.24) is 4.90 Å². The number of likely N-dealkylation sites (tertiary alicyclic amines) is 1. The summed E-state index contributed by atoms with van der Waals surface area (Å²) in [7, 11) is 0. The molecule has 2 nitrogen and oxygen atoms in total. The summed E-state index contributed by atoms with van der Waals surface area (Å²) in [5, 5.41) is 9.73. The quantitative estimate of drug-likeness (QED) is 0.673. The van der Waals surface area contributed by atoms with Gasteiger partial charge in [0.15, 0.2) is 0 Å². The molecular weight excluding hydrogens is 162 g/mol. The SMILES string of the molecule is C=CN1C(C)(C)CC(O)CC1(C)C. The Morgan fingerprint density at radius 1 is 1.23 bits per heavy atom. The van der Waals surface area contributed by atoms with Crippen LogP contribution in [0.15, 0.2) is 12.8 Å². The van der Waals surface area contributed by atoms with Crippen molar-refractivity contribution in [2.75, 3.05) is 0 Å². The van der Waals surface area contributed by atoms with Crippen LogP contribution in [0.5, 0.6) is 0 Å². The van der Waals surface area contributed by atoms with E-state index in [1.54, 1.807) is 0 Å². The van der Waals surface area contributed by atoms with E-state index in [4.69, 9.17) is 0 Å². The lowest BCUT2D eigenvalue weighted by Crippen LogP contribution is -2.59. The molecule has 0 aromatic carbocycles. The molecule has 0 aromatic rings. The van der Waals surface area contributed by atoms with Gasteiger partial charge < -0.3 is 10.0 Å². The zero-order chi connectivity index (χ0) is 10.3. The van der Waals surface area contributed by atoms with Gasteiger partial charge in [0.1, 0.15) is 0 Å². The van der Waals surface area contributed by atoms with Crippen LogP contribution >= 0.6 is 0 Å². The topological polar surface area (TPSA) is 23.5 Å². The average molecular weight is 183 g/mol. The Labute approximate surface area is 81.2 Å². The Morgan fingerprint density at radius 2 is 1.62 bits per heavy atom. The highest BCUT2D eigenvalue weighted by Gasteiger charge is 2.42. The van der Waals surface area contributed by atoms with Crippen molar-refractivity contribution in [3.8, 4) is 0 Å². The van der Waals surface area contributed by atoms with E-state index in [1.807, 2.05) is 6.20 Å². The van der Waals surface area contributed by atoms with Crippen LogP contribution in [0.3, 0.4) is 0 Å². The first-order valence-corrected chi connectivity index (χ1v) is 4.90. The van der Waals surface area contributed by atoms with E-state index in [2.05, 4.69) is 39.2 Å². The number of rotatable bonds is 1. The van der Waals surface area contributed by atoms with Crippen LogP contribution in [0.1, 0.15) is 40.5 Å². The number of piperidine rings is 1. The van der Waals surface area contributed by atoms with Crippen molar-refractivity contribution in [3.63, 3.8) is 0 Å². The molecule has 0 atom stereocenters. The molecule has 76 valence electrons. The first-order chi connectivity index (χ1) is 5.79. The summed E-state index contributed by atoms with van der Waals surface area (Å²) < 4.78 is 0. The van der Waals surface area contributed by atoms with Crippen LogP contribution in [0.4, 0.5) is 0 Å². The van der Waals surface area contributed by atoms with E-state index >= 15 is 0 Å². The summed E-state index contributed by atoms with van der Waals surface area (Å²) >= 11 is 0. The standard InChI is InChI=1S/C11H21NO/c1-6-12-10(2,3)7-9(13)8-11(12,4)5/h6,9,13H,1,7-8H2,2-5H3. The summed E-state index contributed by atoms with van der Waals surface area (Å²) in [6, 6.07) is 0. The van der Waals surface area contributed by atoms with Crippen molar-refractivity contribution in [2.45, 2.75) is 57.7 Å². The maximum Gasteiger partial charge on any atom is 0.0584 e. The molecule has 0 amide bonds. The third kappa shape index (κ3) is 1.88. The maximum absolute atomic E-state index is 9.73. The van der Waals surface area contributed by atoms with Crippen LogP contribution in [-0.2, 0) is 0 Å². The Hall–Kier alpha value is -0.500. The lowest BCUT2D eigenvalue weighted by atomic mass is 9.78. The van der Waals surface area contributed by atoms with E-state index in [-0.39, 0.29) is 17.2 Å². The van der Waals surface area contributed by atoms with E-state index in [1.165, 1.54) is 0 Å². The van der Waals surface area contributed by atoms with Gasteiger partial charge in [-0.1, -0.05) is 6.58 Å². The Bertz CT molecular complexity index is 190. The Balaban J connectivity index is 2.94. The molecule has 0 spiro atoms. The summed E-state index contributed by atoms with van der Waals surface area (Å²) in [4.78, 5) is 2.26. The summed E-state index contributed by atoms with van der Waals surface area (Å²) in [5.41, 5.74) is 0.0336. The molecule has 0 unspecified atom stereocenters. The monoisotopic (exact) mass is 183 g/mol. The van der Waals surface area contributed by atoms with Crippen LogP contribution in [0.25, 0.3) is 0 Å². The van der Waals surface area contributed by atoms with Gasteiger partial charge in [-0.25, -0.2) is 0 Å². The van der Waals surface area contributed by atoms with Crippen LogP contribution < -0.4 is 0 Å². The predicted molar refractivity (Wildman–Crippen MR) is 55.4 cm³/mol. The highest BCUT2D eigenvalue weighted by atomic mass is 16.3. The van der Waals surface area contributed by atoms with Crippen molar-refractivity contribution < 1.29 is 5.11 Å². The van der Waals surface area contributed by atoms with Gasteiger partial charge in [0, 0.05) is 11.1 Å². The van der Waals surface area contributed by atoms with E-state index in [0.29, 0.717) is 0 Å². The molecule has 1 aliphatic heterocycles. The molecular formula is C11H21NO. The van der Waals surface area contributed by atoms with Gasteiger partial charge >= 0.3 is 0 Å². The minimum absolute atomic E-state index is 0.0168. The lowest BCUT2D eigenvalue weighted by Gasteiger charge is -2.54. The van der Waals surface area contributed by atoms with Crippen molar-refractivity contribution in [3.05, 3.63) is 12.8 Å². The fourth-order valence-corrected chi connectivity index (χ4v) is 2.74. The minimum Gasteiger partial charge on any atom is -0.393 e. The van der Waals surface area contributed by atoms with E-state index in [0.717, 1.165) is 12.8 Å². The van der Waals surface area contributed by atoms with Gasteiger partial charge in [0.2, 0.25) is 0 Å². The molecule has 0 aliphatic carbocycles. The van der Waals surface area contributed by atoms with Gasteiger partial charge in [-0.3, -0.25) is 0 Å². The Kier molecular flexibility index (Phi) is 2.46. The van der Waals surface area contributed by atoms with E-state index in [9.17, 15) is 5.11 Å². The van der Waals surface area contributed by atoms with Crippen LogP contribution in [-0.4, -0.2) is 27.2 Å². The molecule has 1 fully saturated rings. The second kappa shape index (κ2) is 3.02. The largest absolute Gasteiger partial charge is 0.393 e. The third-order valence-corrected chi connectivity index (χ3v) is 2.96. The average Bonchev–Trinajstić information content (AvgIpc) is 1.79. The minimum atomic E-state index is -0.179. The van der Waals surface area contributed by atoms with Gasteiger partial charge in [-0.2, -0.15) is 0 Å². The normalized spacial score (nSPS) is 27.3. The van der Waals surface area contributed by atoms with Crippen molar-refractivity contribution in [2.24, 2.45) is 0 Å². The molecule has 13 heavy (non-hydrogen) atoms. The molecule has 2 heteroatoms. The predicted octanol–water partition coefficient (Wildman–Crippen LogP) is 2.14. The van der Waals surface area contributed by atoms with Gasteiger partial charge in [0.05, 0.1) is 6.10 Å². The van der Waals surface area contributed by atoms with Crippen molar-refractivity contribution in [1.29, 1.82) is 0 Å². The smallest absolute Gasteiger partial charge is 0.0584 e. The molecule has 0 radical (unpaired) electrons. The second-order valence-corrected chi connectivity index (χ2v) is 5.24. The molecule has 1 rings (SSSR count). The highest BCUT2D eigenvalue weighted by molar-refractivity contribution is 5.03. The van der Waals surface area contributed by atoms with Gasteiger partial charge in [0.25, 0.3) is 0 Å². The van der Waals surface area contributed by atoms with E-state index < -0.39 is 0 Å². The number of aliphatic hydroxyl groups is 1. The lowest BCUT2D eigenvalue weighted by molar-refractivity contribution is -0.0498. The van der Waals surface area contributed by atoms with Crippen LogP contribution in [0, 0.1) is 0 Å². The number of hydrogen-bond donors (Lipinski definition) is 1. The fraction of sp³-hybridized carbons (Fsp3) is 0.818. The molecule has 0 saturated carbocycles. The molecule has 0 bridgehead atoms. The second-order valence-electron chi connectivity index (χ2n) is 5.24. The number of nitrogens with zero attached hydrogens (tertiary/aromatic N) is 1. The van der Waals surface area contributed by atoms with Crippen LogP contribution in [0.2, 0.25) is 0 Å². The molecule has 1 aliphatic rings. The molecule has 1 N–H and O–H groups in total. The number of hydrogen-bond acceptors (Lipinski definition) is 2.